The summed E-state index contributed by atoms with van der Waals surface area (Å²) in [5.41, 5.74) is 0.905. The van der Waals surface area contributed by atoms with Gasteiger partial charge < -0.3 is 4.74 Å². The molecule has 6 heteroatoms. The molecular formula is C16H18N2O3S. The van der Waals surface area contributed by atoms with Crippen molar-refractivity contribution in [3.63, 3.8) is 0 Å². The van der Waals surface area contributed by atoms with Crippen LogP contribution in [0.2, 0.25) is 0 Å². The molecule has 22 heavy (non-hydrogen) atoms. The van der Waals surface area contributed by atoms with Crippen LogP contribution < -0.4 is 9.46 Å². The van der Waals surface area contributed by atoms with Crippen LogP contribution in [0.3, 0.4) is 0 Å². The lowest BCUT2D eigenvalue weighted by molar-refractivity contribution is 0.414. The third-order valence-electron chi connectivity index (χ3n) is 3.79. The number of hydrogen-bond donors (Lipinski definition) is 1. The summed E-state index contributed by atoms with van der Waals surface area (Å²) in [6, 6.07) is 9.90. The summed E-state index contributed by atoms with van der Waals surface area (Å²) < 4.78 is 33.0. The molecule has 1 aromatic heterocycles. The van der Waals surface area contributed by atoms with E-state index in [0.717, 1.165) is 18.4 Å². The molecule has 3 rings (SSSR count). The zero-order chi connectivity index (χ0) is 15.6. The van der Waals surface area contributed by atoms with Gasteiger partial charge in [0.05, 0.1) is 18.0 Å². The summed E-state index contributed by atoms with van der Waals surface area (Å²) >= 11 is 0. The molecule has 5 nitrogen and oxygen atoms in total. The van der Waals surface area contributed by atoms with E-state index in [2.05, 4.69) is 9.71 Å². The normalized spacial score (nSPS) is 16.2. The number of hydrogen-bond acceptors (Lipinski definition) is 4. The SMILES string of the molecule is COc1ccc(S(=O)(=O)NC(c2cccnc2)C2CC2)cc1. The molecule has 1 fully saturated rings. The van der Waals surface area contributed by atoms with Crippen molar-refractivity contribution < 1.29 is 13.2 Å². The van der Waals surface area contributed by atoms with E-state index in [1.54, 1.807) is 43.8 Å². The summed E-state index contributed by atoms with van der Waals surface area (Å²) in [4.78, 5) is 4.33. The minimum Gasteiger partial charge on any atom is -0.497 e. The molecule has 0 spiro atoms. The van der Waals surface area contributed by atoms with Gasteiger partial charge in [-0.15, -0.1) is 0 Å². The highest BCUT2D eigenvalue weighted by molar-refractivity contribution is 7.89. The molecule has 116 valence electrons. The number of methoxy groups -OCH3 is 1. The highest BCUT2D eigenvalue weighted by atomic mass is 32.2. The van der Waals surface area contributed by atoms with E-state index in [9.17, 15) is 8.42 Å². The van der Waals surface area contributed by atoms with E-state index >= 15 is 0 Å². The number of pyridine rings is 1. The lowest BCUT2D eigenvalue weighted by Gasteiger charge is -2.18. The molecule has 1 aromatic carbocycles. The van der Waals surface area contributed by atoms with E-state index in [-0.39, 0.29) is 10.9 Å². The van der Waals surface area contributed by atoms with Gasteiger partial charge in [0.2, 0.25) is 10.0 Å². The van der Waals surface area contributed by atoms with Gasteiger partial charge in [-0.2, -0.15) is 0 Å². The minimum absolute atomic E-state index is 0.221. The molecular weight excluding hydrogens is 300 g/mol. The third kappa shape index (κ3) is 3.28. The molecule has 0 bridgehead atoms. The molecule has 0 saturated heterocycles. The van der Waals surface area contributed by atoms with Gasteiger partial charge in [-0.3, -0.25) is 4.98 Å². The van der Waals surface area contributed by atoms with Crippen LogP contribution >= 0.6 is 0 Å². The van der Waals surface area contributed by atoms with Crippen molar-refractivity contribution in [2.24, 2.45) is 5.92 Å². The van der Waals surface area contributed by atoms with Gasteiger partial charge in [-0.1, -0.05) is 6.07 Å². The maximum absolute atomic E-state index is 12.6. The first-order valence-corrected chi connectivity index (χ1v) is 8.65. The number of ether oxygens (including phenoxy) is 1. The number of nitrogens with one attached hydrogen (secondary N) is 1. The molecule has 2 aromatic rings. The summed E-state index contributed by atoms with van der Waals surface area (Å²) in [6.07, 6.45) is 5.47. The minimum atomic E-state index is -3.57. The Morgan fingerprint density at radius 2 is 1.95 bits per heavy atom. The number of aromatic nitrogens is 1. The fourth-order valence-electron chi connectivity index (χ4n) is 2.42. The van der Waals surface area contributed by atoms with Crippen molar-refractivity contribution in [2.45, 2.75) is 23.8 Å². The van der Waals surface area contributed by atoms with Gasteiger partial charge in [0, 0.05) is 12.4 Å². The Balaban J connectivity index is 1.85. The Hall–Kier alpha value is -1.92. The van der Waals surface area contributed by atoms with Gasteiger partial charge in [0.1, 0.15) is 5.75 Å². The van der Waals surface area contributed by atoms with Gasteiger partial charge in [-0.05, 0) is 54.7 Å². The van der Waals surface area contributed by atoms with Crippen molar-refractivity contribution in [1.29, 1.82) is 0 Å². The maximum Gasteiger partial charge on any atom is 0.241 e. The zero-order valence-corrected chi connectivity index (χ0v) is 13.1. The predicted octanol–water partition coefficient (Wildman–Crippen LogP) is 2.52. The largest absolute Gasteiger partial charge is 0.497 e. The Morgan fingerprint density at radius 3 is 2.50 bits per heavy atom. The Labute approximate surface area is 130 Å². The Morgan fingerprint density at radius 1 is 1.23 bits per heavy atom. The summed E-state index contributed by atoms with van der Waals surface area (Å²) in [5.74, 6) is 0.974. The molecule has 1 aliphatic carbocycles. The van der Waals surface area contributed by atoms with Gasteiger partial charge in [0.15, 0.2) is 0 Å². The monoisotopic (exact) mass is 318 g/mol. The lowest BCUT2D eigenvalue weighted by Crippen LogP contribution is -2.30. The lowest BCUT2D eigenvalue weighted by atomic mass is 10.1. The molecule has 1 saturated carbocycles. The number of benzene rings is 1. The van der Waals surface area contributed by atoms with Crippen LogP contribution in [0, 0.1) is 5.92 Å². The first-order chi connectivity index (χ1) is 10.6. The second-order valence-electron chi connectivity index (χ2n) is 5.40. The van der Waals surface area contributed by atoms with Crippen molar-refractivity contribution in [2.75, 3.05) is 7.11 Å². The molecule has 1 aliphatic rings. The van der Waals surface area contributed by atoms with Crippen LogP contribution in [0.1, 0.15) is 24.4 Å². The van der Waals surface area contributed by atoms with E-state index in [0.29, 0.717) is 11.7 Å². The topological polar surface area (TPSA) is 68.3 Å². The molecule has 1 unspecified atom stereocenters. The van der Waals surface area contributed by atoms with Gasteiger partial charge in [0.25, 0.3) is 0 Å². The number of sulfonamides is 1. The van der Waals surface area contributed by atoms with Crippen molar-refractivity contribution in [1.82, 2.24) is 9.71 Å². The fourth-order valence-corrected chi connectivity index (χ4v) is 3.71. The van der Waals surface area contributed by atoms with E-state index < -0.39 is 10.0 Å². The summed E-state index contributed by atoms with van der Waals surface area (Å²) in [7, 11) is -2.02. The van der Waals surface area contributed by atoms with Crippen molar-refractivity contribution >= 4 is 10.0 Å². The molecule has 1 N–H and O–H groups in total. The van der Waals surface area contributed by atoms with Crippen LogP contribution in [-0.2, 0) is 10.0 Å². The predicted molar refractivity (Wildman–Crippen MR) is 83.0 cm³/mol. The highest BCUT2D eigenvalue weighted by Gasteiger charge is 2.35. The fraction of sp³-hybridized carbons (Fsp3) is 0.312. The van der Waals surface area contributed by atoms with Crippen LogP contribution in [0.15, 0.2) is 53.7 Å². The van der Waals surface area contributed by atoms with Crippen molar-refractivity contribution in [3.05, 3.63) is 54.4 Å². The first kappa shape index (κ1) is 15.0. The smallest absolute Gasteiger partial charge is 0.241 e. The summed E-state index contributed by atoms with van der Waals surface area (Å²) in [5, 5.41) is 0. The van der Waals surface area contributed by atoms with Crippen molar-refractivity contribution in [3.8, 4) is 5.75 Å². The summed E-state index contributed by atoms with van der Waals surface area (Å²) in [6.45, 7) is 0. The van der Waals surface area contributed by atoms with Gasteiger partial charge in [-0.25, -0.2) is 13.1 Å². The Bertz CT molecular complexity index is 726. The molecule has 0 amide bonds. The molecule has 0 aliphatic heterocycles. The molecule has 1 atom stereocenters. The molecule has 1 heterocycles. The molecule has 0 radical (unpaired) electrons. The second-order valence-corrected chi connectivity index (χ2v) is 7.11. The second kappa shape index (κ2) is 6.06. The Kier molecular flexibility index (Phi) is 4.13. The van der Waals surface area contributed by atoms with Crippen LogP contribution in [0.5, 0.6) is 5.75 Å². The number of rotatable bonds is 6. The van der Waals surface area contributed by atoms with Crippen LogP contribution in [-0.4, -0.2) is 20.5 Å². The van der Waals surface area contributed by atoms with E-state index in [4.69, 9.17) is 4.74 Å². The van der Waals surface area contributed by atoms with Gasteiger partial charge >= 0.3 is 0 Å². The zero-order valence-electron chi connectivity index (χ0n) is 12.3. The first-order valence-electron chi connectivity index (χ1n) is 7.16. The van der Waals surface area contributed by atoms with E-state index in [1.165, 1.54) is 0 Å². The van der Waals surface area contributed by atoms with Crippen LogP contribution in [0.4, 0.5) is 0 Å². The average molecular weight is 318 g/mol. The quantitative estimate of drug-likeness (QED) is 0.888. The van der Waals surface area contributed by atoms with Crippen LogP contribution in [0.25, 0.3) is 0 Å². The van der Waals surface area contributed by atoms with E-state index in [1.807, 2.05) is 12.1 Å². The standard InChI is InChI=1S/C16H18N2O3S/c1-21-14-6-8-15(9-7-14)22(19,20)18-16(12-4-5-12)13-3-2-10-17-11-13/h2-3,6-12,16,18H,4-5H2,1H3. The third-order valence-corrected chi connectivity index (χ3v) is 5.25. The maximum atomic E-state index is 12.6. The average Bonchev–Trinajstić information content (AvgIpc) is 3.38. The highest BCUT2D eigenvalue weighted by Crippen LogP contribution is 2.41. The number of nitrogens with zero attached hydrogens (tertiary/aromatic N) is 1.